The Kier molecular flexibility index (Phi) is 4.24. The highest BCUT2D eigenvalue weighted by Gasteiger charge is 2.65. The maximum absolute atomic E-state index is 14.6. The van der Waals surface area contributed by atoms with Gasteiger partial charge in [-0.25, -0.2) is 9.87 Å². The normalized spacial score (nSPS) is 34.2. The van der Waals surface area contributed by atoms with Crippen molar-refractivity contribution in [1.29, 1.82) is 0 Å². The molecular weight excluding hydrogens is 327 g/mol. The van der Waals surface area contributed by atoms with Crippen LogP contribution in [0, 0.1) is 0 Å². The predicted octanol–water partition coefficient (Wildman–Crippen LogP) is -0.162. The number of ether oxygens (including phenoxy) is 1. The first kappa shape index (κ1) is 16.4. The highest BCUT2D eigenvalue weighted by molar-refractivity contribution is 6.23. The summed E-state index contributed by atoms with van der Waals surface area (Å²) in [4.78, 5) is 16.8. The van der Waals surface area contributed by atoms with Crippen molar-refractivity contribution in [2.75, 3.05) is 12.1 Å². The van der Waals surface area contributed by atoms with Gasteiger partial charge < -0.3 is 14.9 Å². The molecule has 0 unspecified atom stereocenters. The van der Waals surface area contributed by atoms with Gasteiger partial charge in [0.25, 0.3) is 10.7 Å². The fourth-order valence-corrected chi connectivity index (χ4v) is 2.33. The lowest BCUT2D eigenvalue weighted by molar-refractivity contribution is -0.123. The lowest BCUT2D eigenvalue weighted by Crippen LogP contribution is -2.46. The smallest absolute Gasteiger partial charge is 0.274 e. The van der Waals surface area contributed by atoms with Crippen LogP contribution < -0.4 is 11.0 Å². The molecule has 22 heavy (non-hydrogen) atoms. The molecule has 1 saturated heterocycles. The minimum atomic E-state index is -3.06. The summed E-state index contributed by atoms with van der Waals surface area (Å²) in [5.74, 6) is -0.540. The summed E-state index contributed by atoms with van der Waals surface area (Å²) in [7, 11) is 0. The molecule has 0 amide bonds. The number of hydrogen-bond acceptors (Lipinski definition) is 8. The van der Waals surface area contributed by atoms with E-state index in [1.54, 1.807) is 5.48 Å². The average Bonchev–Trinajstić information content (AvgIpc) is 2.69. The number of azide groups is 1. The van der Waals surface area contributed by atoms with Crippen molar-refractivity contribution in [3.05, 3.63) is 33.1 Å². The van der Waals surface area contributed by atoms with E-state index in [1.165, 1.54) is 0 Å². The van der Waals surface area contributed by atoms with Crippen molar-refractivity contribution in [2.45, 2.75) is 23.2 Å². The molecule has 0 aromatic carbocycles. The molecule has 1 aromatic heterocycles. The highest BCUT2D eigenvalue weighted by atomic mass is 35.5. The standard InChI is InChI=1S/C9H10ClFN6O5/c10-9(11)5(20)8(3-18,15-16-12)22-6(9)17-2-1-4(19)13-7(17)14-21/h1-2,5-6,18,20-21H,3H2,(H,13,14,19)/t5-,6-,8-,9-/m1/s1. The third-order valence-electron chi connectivity index (χ3n) is 3.07. The monoisotopic (exact) mass is 336 g/mol. The lowest BCUT2D eigenvalue weighted by Gasteiger charge is -2.24. The summed E-state index contributed by atoms with van der Waals surface area (Å²) < 4.78 is 20.5. The average molecular weight is 337 g/mol. The van der Waals surface area contributed by atoms with E-state index in [4.69, 9.17) is 27.1 Å². The van der Waals surface area contributed by atoms with E-state index in [1.807, 2.05) is 0 Å². The molecular formula is C9H10ClFN6O5. The molecule has 0 bridgehead atoms. The summed E-state index contributed by atoms with van der Waals surface area (Å²) in [6.07, 6.45) is -3.13. The first-order valence-electron chi connectivity index (χ1n) is 5.72. The number of aromatic nitrogens is 2. The summed E-state index contributed by atoms with van der Waals surface area (Å²) in [6, 6.07) is 0.913. The lowest BCUT2D eigenvalue weighted by atomic mass is 10.1. The fraction of sp³-hybridized carbons (Fsp3) is 0.556. The summed E-state index contributed by atoms with van der Waals surface area (Å²) >= 11 is 5.61. The van der Waals surface area contributed by atoms with Crippen molar-refractivity contribution >= 4 is 17.5 Å². The van der Waals surface area contributed by atoms with Gasteiger partial charge in [0.15, 0.2) is 6.23 Å². The molecule has 2 heterocycles. The Morgan fingerprint density at radius 1 is 1.73 bits per heavy atom. The maximum Gasteiger partial charge on any atom is 0.274 e. The Morgan fingerprint density at radius 2 is 2.41 bits per heavy atom. The quantitative estimate of drug-likeness (QED) is 0.195. The van der Waals surface area contributed by atoms with Gasteiger partial charge in [-0.3, -0.25) is 14.6 Å². The second-order valence-corrected chi connectivity index (χ2v) is 4.93. The molecule has 1 aromatic rings. The van der Waals surface area contributed by atoms with E-state index in [-0.39, 0.29) is 0 Å². The van der Waals surface area contributed by atoms with E-state index in [9.17, 15) is 19.4 Å². The second-order valence-electron chi connectivity index (χ2n) is 4.35. The molecule has 4 atom stereocenters. The van der Waals surface area contributed by atoms with Gasteiger partial charge >= 0.3 is 0 Å². The molecule has 11 nitrogen and oxygen atoms in total. The topological polar surface area (TPSA) is 166 Å². The summed E-state index contributed by atoms with van der Waals surface area (Å²) in [5.41, 5.74) is 6.89. The van der Waals surface area contributed by atoms with E-state index in [0.29, 0.717) is 0 Å². The summed E-state index contributed by atoms with van der Waals surface area (Å²) in [6.45, 7) is -1.07. The molecule has 0 radical (unpaired) electrons. The number of hydrogen-bond donors (Lipinski definition) is 4. The van der Waals surface area contributed by atoms with Crippen molar-refractivity contribution in [3.8, 4) is 0 Å². The Balaban J connectivity index is 2.57. The molecule has 4 N–H and O–H groups in total. The highest BCUT2D eigenvalue weighted by Crippen LogP contribution is 2.50. The van der Waals surface area contributed by atoms with Gasteiger partial charge in [-0.1, -0.05) is 16.7 Å². The zero-order valence-electron chi connectivity index (χ0n) is 10.7. The zero-order chi connectivity index (χ0) is 16.5. The van der Waals surface area contributed by atoms with Crippen LogP contribution in [0.2, 0.25) is 0 Å². The van der Waals surface area contributed by atoms with E-state index in [0.717, 1.165) is 16.8 Å². The van der Waals surface area contributed by atoms with Gasteiger partial charge in [-0.15, -0.1) is 0 Å². The molecule has 0 aliphatic carbocycles. The molecule has 120 valence electrons. The fourth-order valence-electron chi connectivity index (χ4n) is 2.01. The number of rotatable bonds is 4. The van der Waals surface area contributed by atoms with Crippen LogP contribution in [0.25, 0.3) is 10.4 Å². The first-order valence-corrected chi connectivity index (χ1v) is 6.10. The van der Waals surface area contributed by atoms with Gasteiger partial charge in [-0.05, 0) is 5.53 Å². The van der Waals surface area contributed by atoms with Crippen molar-refractivity contribution in [1.82, 2.24) is 9.55 Å². The number of halogens is 2. The molecule has 1 aliphatic rings. The Labute approximate surface area is 126 Å². The Morgan fingerprint density at radius 3 is 2.95 bits per heavy atom. The number of aliphatic hydroxyl groups is 2. The van der Waals surface area contributed by atoms with Crippen LogP contribution in [0.1, 0.15) is 6.23 Å². The van der Waals surface area contributed by atoms with Crippen LogP contribution in [0.15, 0.2) is 22.2 Å². The van der Waals surface area contributed by atoms with Gasteiger partial charge in [0.05, 0.1) is 6.61 Å². The first-order chi connectivity index (χ1) is 10.3. The van der Waals surface area contributed by atoms with Crippen molar-refractivity contribution in [3.63, 3.8) is 0 Å². The van der Waals surface area contributed by atoms with Crippen LogP contribution >= 0.6 is 11.6 Å². The summed E-state index contributed by atoms with van der Waals surface area (Å²) in [5, 5.41) is 28.1. The zero-order valence-corrected chi connectivity index (χ0v) is 11.4. The van der Waals surface area contributed by atoms with Crippen LogP contribution in [0.5, 0.6) is 0 Å². The SMILES string of the molecule is [N-]=[N+]=N[C@]1(CO)O[C@@H](n2ccc(=O)nc2NO)[C@@](F)(Cl)[C@@H]1O. The van der Waals surface area contributed by atoms with Crippen molar-refractivity contribution < 1.29 is 24.5 Å². The molecule has 0 saturated carbocycles. The molecule has 2 rings (SSSR count). The van der Waals surface area contributed by atoms with Crippen LogP contribution in [-0.2, 0) is 4.74 Å². The third-order valence-corrected chi connectivity index (χ3v) is 3.46. The van der Waals surface area contributed by atoms with Gasteiger partial charge in [0.2, 0.25) is 11.7 Å². The van der Waals surface area contributed by atoms with Crippen molar-refractivity contribution in [2.24, 2.45) is 5.11 Å². The van der Waals surface area contributed by atoms with E-state index in [2.05, 4.69) is 15.0 Å². The van der Waals surface area contributed by atoms with E-state index >= 15 is 0 Å². The Hall–Kier alpha value is -1.95. The minimum Gasteiger partial charge on any atom is -0.393 e. The molecule has 13 heteroatoms. The molecule has 0 spiro atoms. The number of alkyl halides is 2. The van der Waals surface area contributed by atoms with Crippen LogP contribution in [0.3, 0.4) is 0 Å². The second kappa shape index (κ2) is 5.68. The number of aliphatic hydroxyl groups excluding tert-OH is 2. The largest absolute Gasteiger partial charge is 0.393 e. The van der Waals surface area contributed by atoms with Gasteiger partial charge in [0, 0.05) is 17.2 Å². The number of anilines is 1. The van der Waals surface area contributed by atoms with Crippen LogP contribution in [0.4, 0.5) is 10.3 Å². The van der Waals surface area contributed by atoms with E-state index < -0.39 is 41.3 Å². The predicted molar refractivity (Wildman–Crippen MR) is 68.7 cm³/mol. The number of nitrogens with zero attached hydrogens (tertiary/aromatic N) is 5. The van der Waals surface area contributed by atoms with Gasteiger partial charge in [0.1, 0.15) is 6.10 Å². The number of nitrogens with one attached hydrogen (secondary N) is 1. The molecule has 1 fully saturated rings. The minimum absolute atomic E-state index is 0.540. The third kappa shape index (κ3) is 2.37. The van der Waals surface area contributed by atoms with Gasteiger partial charge in [-0.2, -0.15) is 4.98 Å². The van der Waals surface area contributed by atoms with Crippen LogP contribution in [-0.4, -0.2) is 48.5 Å². The molecule has 1 aliphatic heterocycles. The Bertz CT molecular complexity index is 679. The maximum atomic E-state index is 14.6.